The summed E-state index contributed by atoms with van der Waals surface area (Å²) in [5.41, 5.74) is 0. The molecule has 0 spiro atoms. The van der Waals surface area contributed by atoms with Gasteiger partial charge in [0, 0.05) is 18.8 Å². The number of aromatic nitrogens is 2. The van der Waals surface area contributed by atoms with Gasteiger partial charge in [-0.15, -0.1) is 0 Å². The number of hydrogen-bond donors (Lipinski definition) is 0. The molecule has 1 aromatic heterocycles. The highest BCUT2D eigenvalue weighted by Crippen LogP contribution is 2.11. The van der Waals surface area contributed by atoms with Crippen molar-refractivity contribution in [2.24, 2.45) is 0 Å². The van der Waals surface area contributed by atoms with Crippen LogP contribution in [0.2, 0.25) is 0 Å². The number of rotatable bonds is 13. The van der Waals surface area contributed by atoms with Crippen molar-refractivity contribution >= 4 is 5.78 Å². The van der Waals surface area contributed by atoms with Gasteiger partial charge in [-0.05, 0) is 6.42 Å². The summed E-state index contributed by atoms with van der Waals surface area (Å²) in [5, 5.41) is 0. The molecule has 0 saturated carbocycles. The molecular weight excluding hydrogens is 248 g/mol. The van der Waals surface area contributed by atoms with E-state index in [2.05, 4.69) is 11.9 Å². The lowest BCUT2D eigenvalue weighted by atomic mass is 10.1. The largest absolute Gasteiger partial charge is 0.330 e. The van der Waals surface area contributed by atoms with Crippen molar-refractivity contribution in [2.75, 3.05) is 0 Å². The Labute approximate surface area is 123 Å². The number of nitrogens with zero attached hydrogens (tertiary/aromatic N) is 2. The van der Waals surface area contributed by atoms with Gasteiger partial charge in [0.2, 0.25) is 0 Å². The van der Waals surface area contributed by atoms with Crippen LogP contribution in [0.3, 0.4) is 0 Å². The average Bonchev–Trinajstić information content (AvgIpc) is 2.93. The predicted octanol–water partition coefficient (Wildman–Crippen LogP) is 4.76. The van der Waals surface area contributed by atoms with E-state index in [0.717, 1.165) is 6.42 Å². The van der Waals surface area contributed by atoms with Crippen LogP contribution in [0.1, 0.15) is 77.6 Å². The average molecular weight is 278 g/mol. The summed E-state index contributed by atoms with van der Waals surface area (Å²) in [6, 6.07) is 0. The Morgan fingerprint density at radius 1 is 0.950 bits per heavy atom. The maximum atomic E-state index is 11.7. The fraction of sp³-hybridized carbons (Fsp3) is 0.765. The molecule has 0 aromatic carbocycles. The van der Waals surface area contributed by atoms with Crippen LogP contribution in [0.25, 0.3) is 0 Å². The van der Waals surface area contributed by atoms with Crippen molar-refractivity contribution in [3.63, 3.8) is 0 Å². The van der Waals surface area contributed by atoms with Gasteiger partial charge in [0.25, 0.3) is 0 Å². The zero-order valence-corrected chi connectivity index (χ0v) is 13.0. The Morgan fingerprint density at radius 3 is 2.10 bits per heavy atom. The van der Waals surface area contributed by atoms with Crippen LogP contribution in [0.4, 0.5) is 0 Å². The molecule has 0 unspecified atom stereocenters. The zero-order chi connectivity index (χ0) is 14.5. The molecule has 0 fully saturated rings. The summed E-state index contributed by atoms with van der Waals surface area (Å²) in [6.07, 6.45) is 19.1. The highest BCUT2D eigenvalue weighted by atomic mass is 16.1. The Balaban J connectivity index is 1.83. The van der Waals surface area contributed by atoms with Gasteiger partial charge >= 0.3 is 0 Å². The minimum Gasteiger partial charge on any atom is -0.330 e. The minimum absolute atomic E-state index is 0.322. The van der Waals surface area contributed by atoms with E-state index < -0.39 is 0 Å². The summed E-state index contributed by atoms with van der Waals surface area (Å²) < 4.78 is 1.85. The molecular formula is C17H30N2O. The number of ketones is 1. The fourth-order valence-electron chi connectivity index (χ4n) is 2.47. The number of Topliss-reactive ketones (excluding diaryl/α,β-unsaturated/α-hetero) is 1. The molecule has 114 valence electrons. The van der Waals surface area contributed by atoms with Crippen LogP contribution in [0.5, 0.6) is 0 Å². The first-order chi connectivity index (χ1) is 9.83. The maximum Gasteiger partial charge on any atom is 0.152 e. The fourth-order valence-corrected chi connectivity index (χ4v) is 2.47. The second-order valence-electron chi connectivity index (χ2n) is 5.71. The highest BCUT2D eigenvalue weighted by molar-refractivity contribution is 5.78. The second-order valence-corrected chi connectivity index (χ2v) is 5.71. The third-order valence-electron chi connectivity index (χ3n) is 3.73. The van der Waals surface area contributed by atoms with Crippen LogP contribution in [0, 0.1) is 0 Å². The van der Waals surface area contributed by atoms with Crippen molar-refractivity contribution < 1.29 is 4.79 Å². The number of hydrogen-bond acceptors (Lipinski definition) is 2. The Kier molecular flexibility index (Phi) is 9.89. The van der Waals surface area contributed by atoms with E-state index in [-0.39, 0.29) is 0 Å². The Bertz CT molecular complexity index is 333. The van der Waals surface area contributed by atoms with E-state index in [1.165, 1.54) is 57.8 Å². The third kappa shape index (κ3) is 8.89. The molecule has 3 heteroatoms. The molecule has 1 heterocycles. The number of imidazole rings is 1. The van der Waals surface area contributed by atoms with Crippen LogP contribution < -0.4 is 0 Å². The van der Waals surface area contributed by atoms with Gasteiger partial charge in [0.05, 0.1) is 12.9 Å². The molecule has 1 rings (SSSR count). The van der Waals surface area contributed by atoms with Gasteiger partial charge in [-0.1, -0.05) is 64.7 Å². The van der Waals surface area contributed by atoms with Gasteiger partial charge in [-0.2, -0.15) is 0 Å². The van der Waals surface area contributed by atoms with Crippen LogP contribution in [-0.2, 0) is 11.3 Å². The van der Waals surface area contributed by atoms with E-state index >= 15 is 0 Å². The summed E-state index contributed by atoms with van der Waals surface area (Å²) >= 11 is 0. The molecule has 0 amide bonds. The van der Waals surface area contributed by atoms with Gasteiger partial charge in [-0.25, -0.2) is 4.98 Å². The Hall–Kier alpha value is -1.12. The minimum atomic E-state index is 0.322. The van der Waals surface area contributed by atoms with Crippen LogP contribution >= 0.6 is 0 Å². The monoisotopic (exact) mass is 278 g/mol. The summed E-state index contributed by atoms with van der Waals surface area (Å²) in [5.74, 6) is 0.322. The molecule has 0 aliphatic heterocycles. The number of carbonyl (C=O) groups excluding carboxylic acids is 1. The van der Waals surface area contributed by atoms with E-state index in [1.54, 1.807) is 12.5 Å². The zero-order valence-electron chi connectivity index (χ0n) is 13.0. The quantitative estimate of drug-likeness (QED) is 0.487. The second kappa shape index (κ2) is 11.7. The van der Waals surface area contributed by atoms with Crippen molar-refractivity contribution in [2.45, 2.75) is 84.1 Å². The molecule has 0 aliphatic carbocycles. The first-order valence-corrected chi connectivity index (χ1v) is 8.30. The molecule has 0 bridgehead atoms. The molecule has 0 saturated heterocycles. The smallest absolute Gasteiger partial charge is 0.152 e. The third-order valence-corrected chi connectivity index (χ3v) is 3.73. The molecule has 0 aliphatic rings. The van der Waals surface area contributed by atoms with E-state index in [4.69, 9.17) is 0 Å². The summed E-state index contributed by atoms with van der Waals surface area (Å²) in [4.78, 5) is 15.6. The first-order valence-electron chi connectivity index (χ1n) is 8.30. The molecule has 0 N–H and O–H groups in total. The van der Waals surface area contributed by atoms with Gasteiger partial charge in [-0.3, -0.25) is 4.79 Å². The van der Waals surface area contributed by atoms with Crippen molar-refractivity contribution in [3.8, 4) is 0 Å². The van der Waals surface area contributed by atoms with E-state index in [0.29, 0.717) is 18.7 Å². The lowest BCUT2D eigenvalue weighted by Crippen LogP contribution is -2.07. The molecule has 0 radical (unpaired) electrons. The number of carbonyl (C=O) groups is 1. The van der Waals surface area contributed by atoms with Crippen molar-refractivity contribution in [3.05, 3.63) is 18.7 Å². The Morgan fingerprint density at radius 2 is 1.55 bits per heavy atom. The predicted molar refractivity (Wildman–Crippen MR) is 83.7 cm³/mol. The van der Waals surface area contributed by atoms with E-state index in [9.17, 15) is 4.79 Å². The van der Waals surface area contributed by atoms with Gasteiger partial charge in [0.15, 0.2) is 5.78 Å². The summed E-state index contributed by atoms with van der Waals surface area (Å²) in [6.45, 7) is 2.74. The van der Waals surface area contributed by atoms with Gasteiger partial charge < -0.3 is 4.57 Å². The number of unbranched alkanes of at least 4 members (excludes halogenated alkanes) is 9. The standard InChI is InChI=1S/C17H30N2O/c1-2-3-4-5-6-7-8-9-10-11-12-17(20)15-19-14-13-18-16-19/h13-14,16H,2-12,15H2,1H3. The van der Waals surface area contributed by atoms with Crippen LogP contribution in [0.15, 0.2) is 18.7 Å². The van der Waals surface area contributed by atoms with Crippen molar-refractivity contribution in [1.82, 2.24) is 9.55 Å². The van der Waals surface area contributed by atoms with Crippen LogP contribution in [-0.4, -0.2) is 15.3 Å². The van der Waals surface area contributed by atoms with Crippen molar-refractivity contribution in [1.29, 1.82) is 0 Å². The first kappa shape index (κ1) is 16.9. The maximum absolute atomic E-state index is 11.7. The topological polar surface area (TPSA) is 34.9 Å². The lowest BCUT2D eigenvalue weighted by Gasteiger charge is -2.03. The molecule has 3 nitrogen and oxygen atoms in total. The molecule has 20 heavy (non-hydrogen) atoms. The summed E-state index contributed by atoms with van der Waals surface area (Å²) in [7, 11) is 0. The van der Waals surface area contributed by atoms with E-state index in [1.807, 2.05) is 10.8 Å². The van der Waals surface area contributed by atoms with Gasteiger partial charge in [0.1, 0.15) is 0 Å². The molecule has 1 aromatic rings. The normalized spacial score (nSPS) is 10.8. The molecule has 0 atom stereocenters. The highest BCUT2D eigenvalue weighted by Gasteiger charge is 2.02. The SMILES string of the molecule is CCCCCCCCCCCCC(=O)Cn1ccnc1. The lowest BCUT2D eigenvalue weighted by molar-refractivity contribution is -0.119.